The Morgan fingerprint density at radius 2 is 2.09 bits per heavy atom. The third-order valence-electron chi connectivity index (χ3n) is 4.47. The zero-order valence-corrected chi connectivity index (χ0v) is 12.7. The van der Waals surface area contributed by atoms with Gasteiger partial charge in [-0.2, -0.15) is 0 Å². The third kappa shape index (κ3) is 2.51. The van der Waals surface area contributed by atoms with E-state index in [9.17, 15) is 10.0 Å². The molecule has 1 heterocycles. The summed E-state index contributed by atoms with van der Waals surface area (Å²) in [5.74, 6) is -0.631. The Morgan fingerprint density at radius 1 is 1.36 bits per heavy atom. The Kier molecular flexibility index (Phi) is 3.96. The molecule has 0 bridgehead atoms. The highest BCUT2D eigenvalue weighted by atomic mass is 16.5. The van der Waals surface area contributed by atoms with Crippen LogP contribution in [0.15, 0.2) is 34.4 Å². The number of fused-ring (bicyclic) bond motifs is 1. The van der Waals surface area contributed by atoms with Crippen molar-refractivity contribution in [1.29, 1.82) is 0 Å². The monoisotopic (exact) mass is 300 g/mol. The van der Waals surface area contributed by atoms with Gasteiger partial charge >= 0.3 is 5.97 Å². The van der Waals surface area contributed by atoms with Crippen LogP contribution in [0.4, 0.5) is 0 Å². The molecular weight excluding hydrogens is 280 g/mol. The summed E-state index contributed by atoms with van der Waals surface area (Å²) in [5.41, 5.74) is 2.22. The van der Waals surface area contributed by atoms with Gasteiger partial charge in [-0.3, -0.25) is 4.99 Å². The highest BCUT2D eigenvalue weighted by Crippen LogP contribution is 2.40. The molecule has 1 spiro atoms. The van der Waals surface area contributed by atoms with Crippen molar-refractivity contribution in [2.75, 3.05) is 6.61 Å². The van der Waals surface area contributed by atoms with Crippen molar-refractivity contribution >= 4 is 17.4 Å². The van der Waals surface area contributed by atoms with E-state index in [0.717, 1.165) is 43.2 Å². The van der Waals surface area contributed by atoms with E-state index in [2.05, 4.69) is 11.2 Å². The molecule has 0 saturated heterocycles. The second kappa shape index (κ2) is 5.91. The summed E-state index contributed by atoms with van der Waals surface area (Å²) in [4.78, 5) is 16.9. The molecule has 1 saturated carbocycles. The molecular formula is C17H20N2O3. The van der Waals surface area contributed by atoms with E-state index in [4.69, 9.17) is 9.73 Å². The summed E-state index contributed by atoms with van der Waals surface area (Å²) in [6, 6.07) is 7.87. The molecule has 1 N–H and O–H groups in total. The van der Waals surface area contributed by atoms with Crippen molar-refractivity contribution in [3.8, 4) is 0 Å². The van der Waals surface area contributed by atoms with E-state index in [1.54, 1.807) is 6.92 Å². The van der Waals surface area contributed by atoms with Crippen LogP contribution in [0.3, 0.4) is 0 Å². The predicted molar refractivity (Wildman–Crippen MR) is 83.7 cm³/mol. The lowest BCUT2D eigenvalue weighted by atomic mass is 9.82. The number of aliphatic imine (C=N–C) groups is 1. The van der Waals surface area contributed by atoms with Crippen LogP contribution >= 0.6 is 0 Å². The Morgan fingerprint density at radius 3 is 2.77 bits per heavy atom. The van der Waals surface area contributed by atoms with Gasteiger partial charge in [-0.15, -0.1) is 0 Å². The summed E-state index contributed by atoms with van der Waals surface area (Å²) >= 11 is 0. The molecule has 5 nitrogen and oxygen atoms in total. The first-order valence-electron chi connectivity index (χ1n) is 7.77. The van der Waals surface area contributed by atoms with Crippen LogP contribution in [0.2, 0.25) is 0 Å². The SMILES string of the molecule is CCOC(=O)/C(=N\O)C1=NC2(CCCC2)Cc2ccccc21. The van der Waals surface area contributed by atoms with Gasteiger partial charge in [-0.25, -0.2) is 4.79 Å². The fourth-order valence-corrected chi connectivity index (χ4v) is 3.48. The van der Waals surface area contributed by atoms with E-state index in [1.165, 1.54) is 0 Å². The highest BCUT2D eigenvalue weighted by molar-refractivity contribution is 6.69. The first-order valence-corrected chi connectivity index (χ1v) is 7.77. The number of ether oxygens (including phenoxy) is 1. The summed E-state index contributed by atoms with van der Waals surface area (Å²) in [7, 11) is 0. The van der Waals surface area contributed by atoms with Gasteiger partial charge in [-0.05, 0) is 31.7 Å². The van der Waals surface area contributed by atoms with Gasteiger partial charge < -0.3 is 9.94 Å². The first kappa shape index (κ1) is 14.8. The molecule has 22 heavy (non-hydrogen) atoms. The molecule has 1 fully saturated rings. The Hall–Kier alpha value is -2.17. The van der Waals surface area contributed by atoms with Crippen molar-refractivity contribution in [3.63, 3.8) is 0 Å². The fourth-order valence-electron chi connectivity index (χ4n) is 3.48. The molecule has 0 atom stereocenters. The Balaban J connectivity index is 2.08. The zero-order chi connectivity index (χ0) is 15.6. The lowest BCUT2D eigenvalue weighted by Gasteiger charge is -2.31. The average Bonchev–Trinajstić information content (AvgIpc) is 2.96. The van der Waals surface area contributed by atoms with E-state index in [0.29, 0.717) is 5.71 Å². The number of hydrogen-bond acceptors (Lipinski definition) is 5. The van der Waals surface area contributed by atoms with Crippen molar-refractivity contribution in [2.45, 2.75) is 44.6 Å². The van der Waals surface area contributed by atoms with E-state index in [-0.39, 0.29) is 17.9 Å². The largest absolute Gasteiger partial charge is 0.461 e. The number of benzene rings is 1. The van der Waals surface area contributed by atoms with Crippen LogP contribution in [-0.4, -0.2) is 34.7 Å². The summed E-state index contributed by atoms with van der Waals surface area (Å²) in [6.07, 6.45) is 5.18. The number of esters is 1. The maximum atomic E-state index is 12.1. The molecule has 1 aromatic carbocycles. The predicted octanol–water partition coefficient (Wildman–Crippen LogP) is 2.74. The molecule has 5 heteroatoms. The zero-order valence-electron chi connectivity index (χ0n) is 12.7. The van der Waals surface area contributed by atoms with Crippen LogP contribution in [0.25, 0.3) is 0 Å². The van der Waals surface area contributed by atoms with Crippen molar-refractivity contribution < 1.29 is 14.7 Å². The summed E-state index contributed by atoms with van der Waals surface area (Å²) in [6.45, 7) is 1.96. The number of hydrogen-bond donors (Lipinski definition) is 1. The summed E-state index contributed by atoms with van der Waals surface area (Å²) in [5, 5.41) is 12.5. The van der Waals surface area contributed by atoms with Crippen LogP contribution in [0, 0.1) is 0 Å². The molecule has 116 valence electrons. The molecule has 3 rings (SSSR count). The number of carbonyl (C=O) groups excluding carboxylic acids is 1. The first-order chi connectivity index (χ1) is 10.7. The molecule has 1 aliphatic carbocycles. The maximum absolute atomic E-state index is 12.1. The smallest absolute Gasteiger partial charge is 0.362 e. The maximum Gasteiger partial charge on any atom is 0.362 e. The van der Waals surface area contributed by atoms with Crippen LogP contribution in [0.1, 0.15) is 43.7 Å². The topological polar surface area (TPSA) is 71.2 Å². The Bertz CT molecular complexity index is 643. The van der Waals surface area contributed by atoms with Gasteiger partial charge in [0.2, 0.25) is 5.71 Å². The quantitative estimate of drug-likeness (QED) is 0.404. The molecule has 1 aromatic rings. The minimum absolute atomic E-state index is 0.0970. The molecule has 2 aliphatic rings. The van der Waals surface area contributed by atoms with Crippen LogP contribution in [-0.2, 0) is 16.0 Å². The van der Waals surface area contributed by atoms with Crippen LogP contribution in [0.5, 0.6) is 0 Å². The molecule has 0 aromatic heterocycles. The highest BCUT2D eigenvalue weighted by Gasteiger charge is 2.40. The van der Waals surface area contributed by atoms with Crippen LogP contribution < -0.4 is 0 Å². The van der Waals surface area contributed by atoms with Crippen molar-refractivity contribution in [2.24, 2.45) is 10.1 Å². The Labute approximate surface area is 129 Å². The van der Waals surface area contributed by atoms with E-state index >= 15 is 0 Å². The third-order valence-corrected chi connectivity index (χ3v) is 4.47. The van der Waals surface area contributed by atoms with Crippen molar-refractivity contribution in [3.05, 3.63) is 35.4 Å². The average molecular weight is 300 g/mol. The van der Waals surface area contributed by atoms with Gasteiger partial charge in [0.05, 0.1) is 12.1 Å². The minimum atomic E-state index is -0.631. The molecule has 1 aliphatic heterocycles. The minimum Gasteiger partial charge on any atom is -0.461 e. The van der Waals surface area contributed by atoms with E-state index < -0.39 is 5.97 Å². The van der Waals surface area contributed by atoms with Crippen molar-refractivity contribution in [1.82, 2.24) is 0 Å². The van der Waals surface area contributed by atoms with Gasteiger partial charge in [0.25, 0.3) is 0 Å². The second-order valence-electron chi connectivity index (χ2n) is 5.89. The lowest BCUT2D eigenvalue weighted by Crippen LogP contribution is -2.38. The van der Waals surface area contributed by atoms with Gasteiger partial charge in [0.1, 0.15) is 5.71 Å². The van der Waals surface area contributed by atoms with Gasteiger partial charge in [0.15, 0.2) is 0 Å². The number of oxime groups is 1. The number of nitrogens with zero attached hydrogens (tertiary/aromatic N) is 2. The number of rotatable bonds is 3. The standard InChI is InChI=1S/C17H20N2O3/c1-2-22-16(20)15(19-21)14-13-8-4-3-7-12(13)11-17(18-14)9-5-6-10-17/h3-4,7-8,21H,2,5-6,9-11H2,1H3/b19-15-. The number of carbonyl (C=O) groups is 1. The normalized spacial score (nSPS) is 19.7. The van der Waals surface area contributed by atoms with Gasteiger partial charge in [-0.1, -0.05) is 42.3 Å². The second-order valence-corrected chi connectivity index (χ2v) is 5.89. The molecule has 0 amide bonds. The fraction of sp³-hybridized carbons (Fsp3) is 0.471. The van der Waals surface area contributed by atoms with E-state index in [1.807, 2.05) is 18.2 Å². The molecule has 0 unspecified atom stereocenters. The van der Waals surface area contributed by atoms with Gasteiger partial charge in [0, 0.05) is 5.56 Å². The summed E-state index contributed by atoms with van der Waals surface area (Å²) < 4.78 is 5.00. The lowest BCUT2D eigenvalue weighted by molar-refractivity contribution is -0.134. The molecule has 0 radical (unpaired) electrons.